The maximum atomic E-state index is 13.0. The normalized spacial score (nSPS) is 19.1. The Morgan fingerprint density at radius 3 is 2.93 bits per heavy atom. The van der Waals surface area contributed by atoms with Crippen molar-refractivity contribution in [3.8, 4) is 5.75 Å². The Hall–Kier alpha value is -2.91. The fraction of sp³-hybridized carbons (Fsp3) is 0.350. The first-order chi connectivity index (χ1) is 14.2. The number of thiophene rings is 1. The average Bonchev–Trinajstić information content (AvgIpc) is 3.23. The minimum absolute atomic E-state index is 0.0393. The summed E-state index contributed by atoms with van der Waals surface area (Å²) in [6.07, 6.45) is -0.611. The van der Waals surface area contributed by atoms with Gasteiger partial charge in [0.2, 0.25) is 0 Å². The van der Waals surface area contributed by atoms with E-state index in [0.29, 0.717) is 61.2 Å². The van der Waals surface area contributed by atoms with Gasteiger partial charge in [-0.25, -0.2) is 4.98 Å². The lowest BCUT2D eigenvalue weighted by Crippen LogP contribution is -2.53. The summed E-state index contributed by atoms with van der Waals surface area (Å²) in [5.74, 6) is 1.18. The molecule has 2 aliphatic heterocycles. The van der Waals surface area contributed by atoms with E-state index in [1.807, 2.05) is 40.6 Å². The Labute approximate surface area is 170 Å². The molecule has 1 saturated heterocycles. The van der Waals surface area contributed by atoms with Gasteiger partial charge >= 0.3 is 0 Å². The van der Waals surface area contributed by atoms with Crippen LogP contribution in [-0.2, 0) is 16.1 Å². The van der Waals surface area contributed by atoms with Crippen LogP contribution in [0.2, 0.25) is 0 Å². The molecule has 0 bridgehead atoms. The topological polar surface area (TPSA) is 87.8 Å². The summed E-state index contributed by atoms with van der Waals surface area (Å²) in [4.78, 5) is 36.6. The summed E-state index contributed by atoms with van der Waals surface area (Å²) in [6, 6.07) is 9.47. The van der Waals surface area contributed by atoms with E-state index in [1.165, 1.54) is 11.3 Å². The van der Waals surface area contributed by atoms with Gasteiger partial charge in [0.05, 0.1) is 37.5 Å². The summed E-state index contributed by atoms with van der Waals surface area (Å²) >= 11 is 1.38. The van der Waals surface area contributed by atoms with E-state index in [9.17, 15) is 9.59 Å². The average molecular weight is 412 g/mol. The number of fused-ring (bicyclic) bond motifs is 2. The van der Waals surface area contributed by atoms with Crippen LogP contribution in [0.1, 0.15) is 5.82 Å². The second kappa shape index (κ2) is 7.49. The molecule has 0 spiro atoms. The molecule has 1 amide bonds. The quantitative estimate of drug-likeness (QED) is 0.703. The monoisotopic (exact) mass is 412 g/mol. The number of carbonyl (C=O) groups excluding carboxylic acids is 1. The van der Waals surface area contributed by atoms with Crippen molar-refractivity contribution in [2.45, 2.75) is 12.6 Å². The third-order valence-corrected chi connectivity index (χ3v) is 6.07. The Bertz CT molecular complexity index is 1110. The molecule has 29 heavy (non-hydrogen) atoms. The van der Waals surface area contributed by atoms with E-state index in [1.54, 1.807) is 4.90 Å². The van der Waals surface area contributed by atoms with Gasteiger partial charge in [-0.05, 0) is 23.6 Å². The first-order valence-corrected chi connectivity index (χ1v) is 10.4. The number of nitrogens with one attached hydrogen (secondary N) is 1. The molecule has 1 atom stereocenters. The van der Waals surface area contributed by atoms with Crippen molar-refractivity contribution in [3.63, 3.8) is 0 Å². The van der Waals surface area contributed by atoms with Gasteiger partial charge < -0.3 is 24.3 Å². The highest BCUT2D eigenvalue weighted by atomic mass is 32.1. The van der Waals surface area contributed by atoms with Crippen molar-refractivity contribution in [2.75, 3.05) is 37.7 Å². The zero-order valence-electron chi connectivity index (χ0n) is 15.7. The van der Waals surface area contributed by atoms with Crippen LogP contribution in [0.4, 0.5) is 5.69 Å². The Morgan fingerprint density at radius 2 is 2.07 bits per heavy atom. The third-order valence-electron chi connectivity index (χ3n) is 5.16. The van der Waals surface area contributed by atoms with Gasteiger partial charge in [0.15, 0.2) is 6.10 Å². The van der Waals surface area contributed by atoms with Crippen molar-refractivity contribution in [1.29, 1.82) is 0 Å². The van der Waals surface area contributed by atoms with Crippen LogP contribution >= 0.6 is 11.3 Å². The molecule has 1 N–H and O–H groups in total. The molecule has 5 rings (SSSR count). The molecule has 8 nitrogen and oxygen atoms in total. The molecule has 2 aromatic heterocycles. The zero-order valence-corrected chi connectivity index (χ0v) is 16.5. The molecule has 9 heteroatoms. The molecule has 0 radical (unpaired) electrons. The molecular weight excluding hydrogens is 392 g/mol. The lowest BCUT2D eigenvalue weighted by atomic mass is 10.1. The number of hydrogen-bond donors (Lipinski definition) is 1. The van der Waals surface area contributed by atoms with Crippen LogP contribution < -0.4 is 15.2 Å². The number of ether oxygens (including phenoxy) is 2. The number of benzene rings is 1. The van der Waals surface area contributed by atoms with Crippen LogP contribution in [0.25, 0.3) is 10.2 Å². The molecule has 0 saturated carbocycles. The summed E-state index contributed by atoms with van der Waals surface area (Å²) in [6.45, 7) is 3.01. The van der Waals surface area contributed by atoms with Gasteiger partial charge in [0.1, 0.15) is 16.3 Å². The van der Waals surface area contributed by atoms with E-state index in [0.717, 1.165) is 5.69 Å². The summed E-state index contributed by atoms with van der Waals surface area (Å²) in [7, 11) is 0. The number of nitrogens with zero attached hydrogens (tertiary/aromatic N) is 3. The number of hydrogen-bond acceptors (Lipinski definition) is 7. The van der Waals surface area contributed by atoms with Gasteiger partial charge in [-0.1, -0.05) is 12.1 Å². The number of morpholine rings is 1. The standard InChI is InChI=1S/C20H20N4O4S/c25-19-18-13(5-10-29-18)21-17(22-19)12-24-11-16(20(26)23-6-8-27-9-7-23)28-15-4-2-1-3-14(15)24/h1-5,10,16H,6-9,11-12H2,(H,21,22,25)/t16-/m0/s1. The highest BCUT2D eigenvalue weighted by molar-refractivity contribution is 7.17. The minimum Gasteiger partial charge on any atom is -0.477 e. The largest absolute Gasteiger partial charge is 0.477 e. The van der Waals surface area contributed by atoms with Gasteiger partial charge in [0.25, 0.3) is 11.5 Å². The SMILES string of the molecule is O=C([C@@H]1CN(Cc2nc3ccsc3c(=O)[nH]2)c2ccccc2O1)N1CCOCC1. The van der Waals surface area contributed by atoms with E-state index in [2.05, 4.69) is 9.97 Å². The molecule has 1 aromatic carbocycles. The molecular formula is C20H20N4O4S. The Balaban J connectivity index is 1.44. The van der Waals surface area contributed by atoms with Crippen molar-refractivity contribution >= 4 is 33.1 Å². The molecule has 1 fully saturated rings. The van der Waals surface area contributed by atoms with Gasteiger partial charge in [-0.3, -0.25) is 9.59 Å². The third kappa shape index (κ3) is 3.47. The number of amides is 1. The van der Waals surface area contributed by atoms with E-state index >= 15 is 0 Å². The maximum Gasteiger partial charge on any atom is 0.268 e. The number of carbonyl (C=O) groups is 1. The highest BCUT2D eigenvalue weighted by Gasteiger charge is 2.34. The van der Waals surface area contributed by atoms with Crippen molar-refractivity contribution in [2.24, 2.45) is 0 Å². The molecule has 0 unspecified atom stereocenters. The smallest absolute Gasteiger partial charge is 0.268 e. The number of rotatable bonds is 3. The number of para-hydroxylation sites is 2. The number of H-pyrrole nitrogens is 1. The predicted octanol–water partition coefficient (Wildman–Crippen LogP) is 1.61. The maximum absolute atomic E-state index is 13.0. The van der Waals surface area contributed by atoms with Crippen LogP contribution in [0.15, 0.2) is 40.5 Å². The summed E-state index contributed by atoms with van der Waals surface area (Å²) in [5, 5.41) is 1.86. The van der Waals surface area contributed by atoms with E-state index in [4.69, 9.17) is 9.47 Å². The summed E-state index contributed by atoms with van der Waals surface area (Å²) < 4.78 is 12.0. The van der Waals surface area contributed by atoms with Gasteiger partial charge in [-0.15, -0.1) is 11.3 Å². The molecule has 4 heterocycles. The number of aromatic amines is 1. The lowest BCUT2D eigenvalue weighted by Gasteiger charge is -2.38. The highest BCUT2D eigenvalue weighted by Crippen LogP contribution is 2.34. The number of anilines is 1. The van der Waals surface area contributed by atoms with Crippen molar-refractivity contribution in [3.05, 3.63) is 51.9 Å². The van der Waals surface area contributed by atoms with E-state index in [-0.39, 0.29) is 11.5 Å². The first kappa shape index (κ1) is 18.1. The predicted molar refractivity (Wildman–Crippen MR) is 110 cm³/mol. The molecule has 150 valence electrons. The van der Waals surface area contributed by atoms with Crippen LogP contribution in [-0.4, -0.2) is 59.7 Å². The zero-order chi connectivity index (χ0) is 19.8. The number of aromatic nitrogens is 2. The second-order valence-electron chi connectivity index (χ2n) is 7.04. The first-order valence-electron chi connectivity index (χ1n) is 9.52. The molecule has 2 aliphatic rings. The van der Waals surface area contributed by atoms with E-state index < -0.39 is 6.10 Å². The molecule has 0 aliphatic carbocycles. The van der Waals surface area contributed by atoms with Gasteiger partial charge in [-0.2, -0.15) is 0 Å². The molecule has 3 aromatic rings. The Kier molecular flexibility index (Phi) is 4.69. The van der Waals surface area contributed by atoms with Crippen LogP contribution in [0.5, 0.6) is 5.75 Å². The minimum atomic E-state index is -0.611. The van der Waals surface area contributed by atoms with Crippen molar-refractivity contribution < 1.29 is 14.3 Å². The fourth-order valence-electron chi connectivity index (χ4n) is 3.75. The fourth-order valence-corrected chi connectivity index (χ4v) is 4.48. The van der Waals surface area contributed by atoms with Gasteiger partial charge in [0, 0.05) is 13.1 Å². The van der Waals surface area contributed by atoms with Crippen LogP contribution in [0.3, 0.4) is 0 Å². The lowest BCUT2D eigenvalue weighted by molar-refractivity contribution is -0.142. The van der Waals surface area contributed by atoms with Crippen LogP contribution in [0, 0.1) is 0 Å². The van der Waals surface area contributed by atoms with Crippen molar-refractivity contribution in [1.82, 2.24) is 14.9 Å². The Morgan fingerprint density at radius 1 is 1.24 bits per heavy atom. The second-order valence-corrected chi connectivity index (χ2v) is 7.96. The summed E-state index contributed by atoms with van der Waals surface area (Å²) in [5.41, 5.74) is 1.44.